The van der Waals surface area contributed by atoms with E-state index in [0.717, 1.165) is 41.8 Å². The van der Waals surface area contributed by atoms with Crippen LogP contribution in [0.3, 0.4) is 0 Å². The van der Waals surface area contributed by atoms with E-state index in [-0.39, 0.29) is 17.6 Å². The number of Topliss-reactive ketones (excluding diaryl/α,β-unsaturated/α-hetero) is 1. The lowest BCUT2D eigenvalue weighted by molar-refractivity contribution is -0.131. The molecule has 0 saturated carbocycles. The van der Waals surface area contributed by atoms with Crippen LogP contribution in [0.25, 0.3) is 0 Å². The number of hydrogen-bond acceptors (Lipinski definition) is 3. The van der Waals surface area contributed by atoms with Crippen molar-refractivity contribution >= 4 is 11.7 Å². The number of rotatable bonds is 5. The Bertz CT molecular complexity index is 765. The van der Waals surface area contributed by atoms with Crippen LogP contribution in [0.1, 0.15) is 34.3 Å². The number of methoxy groups -OCH3 is 1. The predicted octanol–water partition coefficient (Wildman–Crippen LogP) is 3.67. The zero-order valence-electron chi connectivity index (χ0n) is 15.4. The molecule has 1 aliphatic rings. The molecule has 0 aliphatic carbocycles. The highest BCUT2D eigenvalue weighted by Gasteiger charge is 2.28. The molecule has 26 heavy (non-hydrogen) atoms. The zero-order valence-corrected chi connectivity index (χ0v) is 15.4. The minimum absolute atomic E-state index is 0.0802. The lowest BCUT2D eigenvalue weighted by atomic mass is 9.89. The van der Waals surface area contributed by atoms with Crippen molar-refractivity contribution in [2.24, 2.45) is 5.92 Å². The van der Waals surface area contributed by atoms with Gasteiger partial charge in [-0.25, -0.2) is 0 Å². The first-order valence-corrected chi connectivity index (χ1v) is 9.08. The number of carbonyl (C=O) groups is 2. The number of hydrogen-bond donors (Lipinski definition) is 0. The lowest BCUT2D eigenvalue weighted by Crippen LogP contribution is -2.43. The number of benzene rings is 2. The number of aryl methyl sites for hydroxylation is 1. The van der Waals surface area contributed by atoms with Gasteiger partial charge in [-0.2, -0.15) is 0 Å². The molecule has 136 valence electrons. The normalized spacial score (nSPS) is 17.0. The fourth-order valence-electron chi connectivity index (χ4n) is 3.40. The van der Waals surface area contributed by atoms with Crippen molar-refractivity contribution in [3.05, 3.63) is 65.2 Å². The molecular weight excluding hydrogens is 326 g/mol. The van der Waals surface area contributed by atoms with Crippen molar-refractivity contribution in [3.8, 4) is 5.75 Å². The number of ketones is 1. The van der Waals surface area contributed by atoms with Crippen LogP contribution >= 0.6 is 0 Å². The third-order valence-electron chi connectivity index (χ3n) is 5.00. The number of nitrogens with zero attached hydrogens (tertiary/aromatic N) is 1. The largest absolute Gasteiger partial charge is 0.497 e. The fraction of sp³-hybridized carbons (Fsp3) is 0.364. The van der Waals surface area contributed by atoms with E-state index < -0.39 is 0 Å². The Morgan fingerprint density at radius 3 is 2.42 bits per heavy atom. The molecule has 0 spiro atoms. The van der Waals surface area contributed by atoms with Gasteiger partial charge >= 0.3 is 0 Å². The second-order valence-electron chi connectivity index (χ2n) is 6.93. The molecule has 2 aromatic rings. The molecule has 1 saturated heterocycles. The van der Waals surface area contributed by atoms with Crippen molar-refractivity contribution in [1.82, 2.24) is 4.90 Å². The first-order chi connectivity index (χ1) is 12.6. The molecule has 0 radical (unpaired) electrons. The van der Waals surface area contributed by atoms with E-state index in [1.807, 2.05) is 60.4 Å². The molecular formula is C22H25NO3. The monoisotopic (exact) mass is 351 g/mol. The van der Waals surface area contributed by atoms with Gasteiger partial charge in [-0.3, -0.25) is 9.59 Å². The van der Waals surface area contributed by atoms with Gasteiger partial charge in [0.2, 0.25) is 5.91 Å². The fourth-order valence-corrected chi connectivity index (χ4v) is 3.40. The maximum absolute atomic E-state index is 12.8. The van der Waals surface area contributed by atoms with E-state index in [2.05, 4.69) is 0 Å². The molecule has 4 heteroatoms. The van der Waals surface area contributed by atoms with E-state index in [1.54, 1.807) is 7.11 Å². The Labute approximate surface area is 154 Å². The maximum atomic E-state index is 12.8. The van der Waals surface area contributed by atoms with Crippen molar-refractivity contribution < 1.29 is 14.3 Å². The van der Waals surface area contributed by atoms with Gasteiger partial charge in [-0.1, -0.05) is 42.0 Å². The van der Waals surface area contributed by atoms with Gasteiger partial charge in [0.15, 0.2) is 5.78 Å². The molecule has 3 rings (SSSR count). The first-order valence-electron chi connectivity index (χ1n) is 9.08. The number of carbonyl (C=O) groups excluding carboxylic acids is 2. The van der Waals surface area contributed by atoms with Gasteiger partial charge < -0.3 is 9.64 Å². The number of piperidine rings is 1. The highest BCUT2D eigenvalue weighted by atomic mass is 16.5. The maximum Gasteiger partial charge on any atom is 0.227 e. The molecule has 1 unspecified atom stereocenters. The van der Waals surface area contributed by atoms with E-state index in [0.29, 0.717) is 13.0 Å². The summed E-state index contributed by atoms with van der Waals surface area (Å²) in [5.41, 5.74) is 2.84. The van der Waals surface area contributed by atoms with Crippen molar-refractivity contribution in [2.45, 2.75) is 26.2 Å². The lowest BCUT2D eigenvalue weighted by Gasteiger charge is -2.32. The number of likely N-dealkylation sites (tertiary alicyclic amines) is 1. The van der Waals surface area contributed by atoms with Crippen LogP contribution in [0.15, 0.2) is 48.5 Å². The topological polar surface area (TPSA) is 46.6 Å². The summed E-state index contributed by atoms with van der Waals surface area (Å²) in [5, 5.41) is 0. The molecule has 1 aliphatic heterocycles. The highest BCUT2D eigenvalue weighted by molar-refractivity contribution is 5.98. The van der Waals surface area contributed by atoms with Crippen LogP contribution in [0, 0.1) is 12.8 Å². The van der Waals surface area contributed by atoms with E-state index in [1.165, 1.54) is 0 Å². The number of ether oxygens (including phenoxy) is 1. The Balaban J connectivity index is 1.62. The van der Waals surface area contributed by atoms with E-state index in [4.69, 9.17) is 4.74 Å². The summed E-state index contributed by atoms with van der Waals surface area (Å²) in [6.45, 7) is 3.25. The minimum atomic E-state index is -0.105. The molecule has 1 heterocycles. The summed E-state index contributed by atoms with van der Waals surface area (Å²) >= 11 is 0. The molecule has 0 aromatic heterocycles. The SMILES string of the molecule is COc1ccc(CC(=O)N2CCCC(C(=O)c3ccc(C)cc3)C2)cc1. The van der Waals surface area contributed by atoms with Gasteiger partial charge in [0, 0.05) is 24.6 Å². The second kappa shape index (κ2) is 8.17. The van der Waals surface area contributed by atoms with Crippen molar-refractivity contribution in [1.29, 1.82) is 0 Å². The smallest absolute Gasteiger partial charge is 0.227 e. The molecule has 1 atom stereocenters. The van der Waals surface area contributed by atoms with Gasteiger partial charge in [0.25, 0.3) is 0 Å². The summed E-state index contributed by atoms with van der Waals surface area (Å²) in [7, 11) is 1.62. The van der Waals surface area contributed by atoms with Crippen molar-refractivity contribution in [3.63, 3.8) is 0 Å². The third kappa shape index (κ3) is 4.31. The molecule has 4 nitrogen and oxygen atoms in total. The molecule has 1 amide bonds. The van der Waals surface area contributed by atoms with Crippen molar-refractivity contribution in [2.75, 3.05) is 20.2 Å². The zero-order chi connectivity index (χ0) is 18.5. The highest BCUT2D eigenvalue weighted by Crippen LogP contribution is 2.22. The Hall–Kier alpha value is -2.62. The number of amides is 1. The standard InChI is InChI=1S/C22H25NO3/c1-16-5-9-18(10-6-16)22(25)19-4-3-13-23(15-19)21(24)14-17-7-11-20(26-2)12-8-17/h5-12,19H,3-4,13-15H2,1-2H3. The summed E-state index contributed by atoms with van der Waals surface area (Å²) < 4.78 is 5.15. The van der Waals surface area contributed by atoms with Crippen LogP contribution in [-0.2, 0) is 11.2 Å². The van der Waals surface area contributed by atoms with Gasteiger partial charge in [0.1, 0.15) is 5.75 Å². The Morgan fingerprint density at radius 1 is 1.08 bits per heavy atom. The minimum Gasteiger partial charge on any atom is -0.497 e. The van der Waals surface area contributed by atoms with E-state index >= 15 is 0 Å². The van der Waals surface area contributed by atoms with Crippen LogP contribution < -0.4 is 4.74 Å². The second-order valence-corrected chi connectivity index (χ2v) is 6.93. The predicted molar refractivity (Wildman–Crippen MR) is 102 cm³/mol. The molecule has 2 aromatic carbocycles. The average Bonchev–Trinajstić information content (AvgIpc) is 2.68. The molecule has 0 bridgehead atoms. The summed E-state index contributed by atoms with van der Waals surface area (Å²) in [4.78, 5) is 27.2. The average molecular weight is 351 g/mol. The first kappa shape index (κ1) is 18.2. The van der Waals surface area contributed by atoms with Crippen LogP contribution in [0.4, 0.5) is 0 Å². The molecule has 0 N–H and O–H groups in total. The quantitative estimate of drug-likeness (QED) is 0.772. The van der Waals surface area contributed by atoms with Gasteiger partial charge in [-0.15, -0.1) is 0 Å². The Kier molecular flexibility index (Phi) is 5.71. The van der Waals surface area contributed by atoms with Crippen LogP contribution in [0.2, 0.25) is 0 Å². The van der Waals surface area contributed by atoms with Crippen LogP contribution in [-0.4, -0.2) is 36.8 Å². The van der Waals surface area contributed by atoms with Crippen LogP contribution in [0.5, 0.6) is 5.75 Å². The van der Waals surface area contributed by atoms with E-state index in [9.17, 15) is 9.59 Å². The van der Waals surface area contributed by atoms with Gasteiger partial charge in [-0.05, 0) is 37.5 Å². The Morgan fingerprint density at radius 2 is 1.77 bits per heavy atom. The summed E-state index contributed by atoms with van der Waals surface area (Å²) in [6, 6.07) is 15.2. The third-order valence-corrected chi connectivity index (χ3v) is 5.00. The van der Waals surface area contributed by atoms with Gasteiger partial charge in [0.05, 0.1) is 13.5 Å². The molecule has 1 fully saturated rings. The summed E-state index contributed by atoms with van der Waals surface area (Å²) in [6.07, 6.45) is 2.07. The summed E-state index contributed by atoms with van der Waals surface area (Å²) in [5.74, 6) is 0.901.